The van der Waals surface area contributed by atoms with Crippen molar-refractivity contribution in [1.82, 2.24) is 5.32 Å². The molecule has 0 saturated heterocycles. The lowest BCUT2D eigenvalue weighted by Crippen LogP contribution is -2.47. The fourth-order valence-corrected chi connectivity index (χ4v) is 4.29. The van der Waals surface area contributed by atoms with Gasteiger partial charge in [-0.05, 0) is 23.8 Å². The second-order valence-corrected chi connectivity index (χ2v) is 7.99. The second kappa shape index (κ2) is 4.99. The molecule has 10 heteroatoms. The van der Waals surface area contributed by atoms with E-state index in [-0.39, 0.29) is 12.5 Å². The Bertz CT molecular complexity index is 404. The van der Waals surface area contributed by atoms with Gasteiger partial charge in [0.25, 0.3) is 0 Å². The first-order valence-electron chi connectivity index (χ1n) is 4.63. The van der Waals surface area contributed by atoms with Gasteiger partial charge in [-0.15, -0.1) is 0 Å². The molecule has 5 N–H and O–H groups in total. The summed E-state index contributed by atoms with van der Waals surface area (Å²) in [5.74, 6) is -0.126. The summed E-state index contributed by atoms with van der Waals surface area (Å²) in [4.78, 5) is 36.5. The molecule has 1 aliphatic heterocycles. The predicted molar refractivity (Wildman–Crippen MR) is 65.7 cm³/mol. The van der Waals surface area contributed by atoms with Gasteiger partial charge in [-0.1, -0.05) is 18.3 Å². The molecule has 0 spiro atoms. The molecule has 0 amide bonds. The average Bonchev–Trinajstić information content (AvgIpc) is 2.15. The molecule has 98 valence electrons. The Hall–Kier alpha value is 0.0900. The molecule has 0 fully saturated rings. The van der Waals surface area contributed by atoms with Crippen molar-refractivity contribution in [3.63, 3.8) is 0 Å². The van der Waals surface area contributed by atoms with Crippen LogP contribution in [0, 0.1) is 5.92 Å². The Morgan fingerprint density at radius 3 is 2.18 bits per heavy atom. The molecule has 1 aliphatic rings. The van der Waals surface area contributed by atoms with Crippen molar-refractivity contribution in [2.45, 2.75) is 11.4 Å². The van der Waals surface area contributed by atoms with E-state index in [0.29, 0.717) is 6.42 Å². The van der Waals surface area contributed by atoms with E-state index in [4.69, 9.17) is 19.6 Å². The monoisotopic (exact) mass is 301 g/mol. The average molecular weight is 301 g/mol. The lowest BCUT2D eigenvalue weighted by molar-refractivity contribution is 0.299. The summed E-state index contributed by atoms with van der Waals surface area (Å²) < 4.78 is 22.6. The molecular weight excluding hydrogens is 288 g/mol. The van der Waals surface area contributed by atoms with Crippen molar-refractivity contribution in [3.8, 4) is 0 Å². The maximum atomic E-state index is 11.3. The van der Waals surface area contributed by atoms with Gasteiger partial charge in [-0.3, -0.25) is 14.4 Å². The van der Waals surface area contributed by atoms with Crippen LogP contribution in [0.25, 0.3) is 0 Å². The number of rotatable bonds is 4. The summed E-state index contributed by atoms with van der Waals surface area (Å²) >= 11 is 4.64. The van der Waals surface area contributed by atoms with E-state index in [2.05, 4.69) is 17.5 Å². The van der Waals surface area contributed by atoms with Gasteiger partial charge in [-0.25, -0.2) is 0 Å². The normalized spacial score (nSPS) is 24.6. The van der Waals surface area contributed by atoms with E-state index in [1.54, 1.807) is 0 Å². The van der Waals surface area contributed by atoms with Crippen LogP contribution in [0.15, 0.2) is 12.2 Å². The van der Waals surface area contributed by atoms with Crippen molar-refractivity contribution >= 4 is 32.8 Å². The summed E-state index contributed by atoms with van der Waals surface area (Å²) in [6.07, 6.45) is 2.72. The van der Waals surface area contributed by atoms with Gasteiger partial charge in [-0.2, -0.15) is 0 Å². The van der Waals surface area contributed by atoms with E-state index < -0.39 is 20.2 Å². The standard InChI is InChI=1S/C7H13NO6P2S/c9-15(10,11)7(16(12,13)14)3-1-6(2-4-17)5-8-7/h1,3-4,6,8H,2,5H2,(H2,9,10,11)(H2,12,13,14). The zero-order valence-electron chi connectivity index (χ0n) is 8.63. The van der Waals surface area contributed by atoms with Crippen LogP contribution in [0.3, 0.4) is 0 Å². The molecule has 0 aromatic carbocycles. The quantitative estimate of drug-likeness (QED) is 0.282. The van der Waals surface area contributed by atoms with E-state index in [1.807, 2.05) is 0 Å². The van der Waals surface area contributed by atoms with Crippen LogP contribution in [-0.4, -0.2) is 36.5 Å². The first-order chi connectivity index (χ1) is 7.64. The minimum atomic E-state index is -5.04. The largest absolute Gasteiger partial charge is 0.361 e. The van der Waals surface area contributed by atoms with Gasteiger partial charge in [0.05, 0.1) is 0 Å². The van der Waals surface area contributed by atoms with Crippen molar-refractivity contribution in [1.29, 1.82) is 0 Å². The van der Waals surface area contributed by atoms with Crippen LogP contribution in [0.5, 0.6) is 0 Å². The second-order valence-electron chi connectivity index (χ2n) is 3.72. The van der Waals surface area contributed by atoms with E-state index in [0.717, 1.165) is 6.08 Å². The summed E-state index contributed by atoms with van der Waals surface area (Å²) in [6.45, 7) is 0.0415. The molecule has 0 aromatic rings. The molecule has 1 unspecified atom stereocenters. The summed E-state index contributed by atoms with van der Waals surface area (Å²) in [5.41, 5.74) is 0. The lowest BCUT2D eigenvalue weighted by Gasteiger charge is -2.36. The van der Waals surface area contributed by atoms with Crippen molar-refractivity contribution in [3.05, 3.63) is 12.2 Å². The minimum absolute atomic E-state index is 0.0415. The molecule has 0 radical (unpaired) electrons. The Morgan fingerprint density at radius 2 is 1.88 bits per heavy atom. The topological polar surface area (TPSA) is 127 Å². The number of nitrogens with one attached hydrogen (secondary N) is 1. The third-order valence-electron chi connectivity index (χ3n) is 2.51. The number of thiocarbonyl (C=S) groups is 1. The molecule has 1 rings (SSSR count). The fourth-order valence-electron chi connectivity index (χ4n) is 1.53. The van der Waals surface area contributed by atoms with E-state index in [9.17, 15) is 9.13 Å². The van der Waals surface area contributed by atoms with Crippen LogP contribution in [0.4, 0.5) is 0 Å². The minimum Gasteiger partial charge on any atom is -0.322 e. The smallest absolute Gasteiger partial charge is 0.322 e. The maximum Gasteiger partial charge on any atom is 0.361 e. The summed E-state index contributed by atoms with van der Waals surface area (Å²) in [7, 11) is -10.1. The highest BCUT2D eigenvalue weighted by atomic mass is 32.1. The summed E-state index contributed by atoms with van der Waals surface area (Å²) in [5, 5.41) is 1.11. The van der Waals surface area contributed by atoms with Crippen molar-refractivity contribution < 1.29 is 28.7 Å². The number of hydrogen-bond acceptors (Lipinski definition) is 4. The SMILES string of the molecule is O=P(O)(O)C1(P(=O)(O)O)C=CC(CC=S)CN1. The Labute approximate surface area is 103 Å². The third kappa shape index (κ3) is 2.92. The van der Waals surface area contributed by atoms with Gasteiger partial charge in [0, 0.05) is 6.54 Å². The first kappa shape index (κ1) is 15.1. The van der Waals surface area contributed by atoms with Crippen LogP contribution in [0.1, 0.15) is 6.42 Å². The van der Waals surface area contributed by atoms with Gasteiger partial charge in [0.1, 0.15) is 0 Å². The zero-order chi connectivity index (χ0) is 13.3. The highest BCUT2D eigenvalue weighted by Gasteiger charge is 2.59. The van der Waals surface area contributed by atoms with Gasteiger partial charge in [0.15, 0.2) is 0 Å². The molecule has 0 aliphatic carbocycles. The molecular formula is C7H13NO6P2S. The molecule has 7 nitrogen and oxygen atoms in total. The Balaban J connectivity index is 3.15. The van der Waals surface area contributed by atoms with Gasteiger partial charge >= 0.3 is 15.2 Å². The fraction of sp³-hybridized carbons (Fsp3) is 0.571. The first-order valence-corrected chi connectivity index (χ1v) is 8.33. The van der Waals surface area contributed by atoms with Crippen LogP contribution in [0.2, 0.25) is 0 Å². The summed E-state index contributed by atoms with van der Waals surface area (Å²) in [6, 6.07) is 0. The predicted octanol–water partition coefficient (Wildman–Crippen LogP) is 0.161. The Morgan fingerprint density at radius 1 is 1.35 bits per heavy atom. The highest BCUT2D eigenvalue weighted by molar-refractivity contribution is 7.79. The molecule has 1 atom stereocenters. The van der Waals surface area contributed by atoms with Crippen LogP contribution >= 0.6 is 27.4 Å². The van der Waals surface area contributed by atoms with Gasteiger partial charge in [0.2, 0.25) is 5.02 Å². The lowest BCUT2D eigenvalue weighted by atomic mass is 10.0. The maximum absolute atomic E-state index is 11.3. The van der Waals surface area contributed by atoms with Gasteiger partial charge < -0.3 is 19.6 Å². The van der Waals surface area contributed by atoms with Crippen molar-refractivity contribution in [2.24, 2.45) is 5.92 Å². The Kier molecular flexibility index (Phi) is 4.45. The van der Waals surface area contributed by atoms with Crippen LogP contribution in [-0.2, 0) is 9.13 Å². The highest BCUT2D eigenvalue weighted by Crippen LogP contribution is 2.68. The molecule has 0 saturated carbocycles. The number of hydrogen-bond donors (Lipinski definition) is 5. The van der Waals surface area contributed by atoms with E-state index in [1.165, 1.54) is 11.4 Å². The van der Waals surface area contributed by atoms with Crippen molar-refractivity contribution in [2.75, 3.05) is 6.54 Å². The molecule has 0 bridgehead atoms. The van der Waals surface area contributed by atoms with Crippen LogP contribution < -0.4 is 5.32 Å². The molecule has 1 heterocycles. The third-order valence-corrected chi connectivity index (χ3v) is 6.66. The molecule has 17 heavy (non-hydrogen) atoms. The molecule has 0 aromatic heterocycles. The van der Waals surface area contributed by atoms with E-state index >= 15 is 0 Å². The zero-order valence-corrected chi connectivity index (χ0v) is 11.2.